The lowest BCUT2D eigenvalue weighted by atomic mass is 10.2. The number of benzene rings is 1. The van der Waals surface area contributed by atoms with Gasteiger partial charge in [0.2, 0.25) is 0 Å². The quantitative estimate of drug-likeness (QED) is 0.594. The number of rotatable bonds is 4. The number of nitrogens with zero attached hydrogens (tertiary/aromatic N) is 4. The zero-order chi connectivity index (χ0) is 16.4. The SMILES string of the molecule is O=C(NCc1cc(-c2ccccn2)no1)c1ccc2n[nH]nc2c1. The maximum atomic E-state index is 12.2. The third-order valence-corrected chi connectivity index (χ3v) is 3.49. The Morgan fingerprint density at radius 2 is 2.00 bits per heavy atom. The summed E-state index contributed by atoms with van der Waals surface area (Å²) in [7, 11) is 0. The van der Waals surface area contributed by atoms with Gasteiger partial charge in [-0.25, -0.2) is 0 Å². The van der Waals surface area contributed by atoms with Crippen molar-refractivity contribution in [1.82, 2.24) is 30.9 Å². The van der Waals surface area contributed by atoms with Gasteiger partial charge in [-0.15, -0.1) is 0 Å². The van der Waals surface area contributed by atoms with Crippen LogP contribution < -0.4 is 5.32 Å². The Morgan fingerprint density at radius 1 is 1.08 bits per heavy atom. The predicted molar refractivity (Wildman–Crippen MR) is 84.8 cm³/mol. The van der Waals surface area contributed by atoms with Crippen LogP contribution in [0.2, 0.25) is 0 Å². The largest absolute Gasteiger partial charge is 0.359 e. The average molecular weight is 320 g/mol. The van der Waals surface area contributed by atoms with Crippen LogP contribution in [0.1, 0.15) is 16.1 Å². The third-order valence-electron chi connectivity index (χ3n) is 3.49. The van der Waals surface area contributed by atoms with Crippen molar-refractivity contribution in [2.45, 2.75) is 6.54 Å². The highest BCUT2D eigenvalue weighted by molar-refractivity contribution is 5.97. The monoisotopic (exact) mass is 320 g/mol. The highest BCUT2D eigenvalue weighted by Gasteiger charge is 2.11. The molecule has 118 valence electrons. The number of hydrogen-bond donors (Lipinski definition) is 2. The Bertz CT molecular complexity index is 992. The molecule has 8 heteroatoms. The second-order valence-electron chi connectivity index (χ2n) is 5.10. The predicted octanol–water partition coefficient (Wildman–Crippen LogP) is 1.94. The summed E-state index contributed by atoms with van der Waals surface area (Å²) in [6, 6.07) is 12.4. The van der Waals surface area contributed by atoms with Gasteiger partial charge in [0.25, 0.3) is 5.91 Å². The minimum Gasteiger partial charge on any atom is -0.359 e. The van der Waals surface area contributed by atoms with Crippen LogP contribution in [0.15, 0.2) is 53.2 Å². The molecule has 1 amide bonds. The second-order valence-corrected chi connectivity index (χ2v) is 5.10. The summed E-state index contributed by atoms with van der Waals surface area (Å²) in [6.45, 7) is 0.232. The minimum atomic E-state index is -0.226. The van der Waals surface area contributed by atoms with Gasteiger partial charge in [-0.1, -0.05) is 11.2 Å². The van der Waals surface area contributed by atoms with E-state index in [0.29, 0.717) is 28.1 Å². The molecule has 0 aliphatic rings. The van der Waals surface area contributed by atoms with E-state index in [1.807, 2.05) is 18.2 Å². The van der Waals surface area contributed by atoms with Crippen molar-refractivity contribution in [1.29, 1.82) is 0 Å². The number of carbonyl (C=O) groups excluding carboxylic acids is 1. The van der Waals surface area contributed by atoms with Crippen LogP contribution in [-0.2, 0) is 6.54 Å². The standard InChI is InChI=1S/C16H12N6O2/c23-16(10-4-5-13-14(7-10)20-22-19-13)18-9-11-8-15(21-24-11)12-3-1-2-6-17-12/h1-8H,9H2,(H,18,23)(H,19,20,22). The molecule has 0 unspecified atom stereocenters. The summed E-state index contributed by atoms with van der Waals surface area (Å²) in [6.07, 6.45) is 1.69. The Balaban J connectivity index is 1.45. The van der Waals surface area contributed by atoms with Crippen molar-refractivity contribution >= 4 is 16.9 Å². The van der Waals surface area contributed by atoms with E-state index >= 15 is 0 Å². The Morgan fingerprint density at radius 3 is 2.88 bits per heavy atom. The van der Waals surface area contributed by atoms with E-state index in [1.54, 1.807) is 30.5 Å². The van der Waals surface area contributed by atoms with Crippen LogP contribution >= 0.6 is 0 Å². The van der Waals surface area contributed by atoms with Crippen molar-refractivity contribution in [3.8, 4) is 11.4 Å². The van der Waals surface area contributed by atoms with Crippen LogP contribution in [0, 0.1) is 0 Å². The molecular weight excluding hydrogens is 308 g/mol. The summed E-state index contributed by atoms with van der Waals surface area (Å²) in [4.78, 5) is 16.4. The second kappa shape index (κ2) is 5.92. The van der Waals surface area contributed by atoms with Crippen molar-refractivity contribution in [2.24, 2.45) is 0 Å². The fourth-order valence-corrected chi connectivity index (χ4v) is 2.28. The number of hydrogen-bond acceptors (Lipinski definition) is 6. The molecule has 1 aromatic carbocycles. The molecule has 0 radical (unpaired) electrons. The van der Waals surface area contributed by atoms with Gasteiger partial charge in [-0.2, -0.15) is 15.4 Å². The molecule has 0 bridgehead atoms. The molecule has 0 atom stereocenters. The van der Waals surface area contributed by atoms with E-state index in [-0.39, 0.29) is 12.5 Å². The van der Waals surface area contributed by atoms with E-state index in [9.17, 15) is 4.79 Å². The van der Waals surface area contributed by atoms with Crippen LogP contribution in [0.4, 0.5) is 0 Å². The van der Waals surface area contributed by atoms with Crippen molar-refractivity contribution < 1.29 is 9.32 Å². The van der Waals surface area contributed by atoms with Crippen molar-refractivity contribution in [3.63, 3.8) is 0 Å². The number of nitrogens with one attached hydrogen (secondary N) is 2. The Hall–Kier alpha value is -3.55. The molecule has 4 rings (SSSR count). The third kappa shape index (κ3) is 2.72. The van der Waals surface area contributed by atoms with E-state index in [2.05, 4.69) is 30.9 Å². The summed E-state index contributed by atoms with van der Waals surface area (Å²) in [5.74, 6) is 0.321. The molecule has 3 heterocycles. The van der Waals surface area contributed by atoms with Gasteiger partial charge in [-0.3, -0.25) is 9.78 Å². The molecular formula is C16H12N6O2. The van der Waals surface area contributed by atoms with E-state index in [4.69, 9.17) is 4.52 Å². The van der Waals surface area contributed by atoms with Crippen LogP contribution in [0.5, 0.6) is 0 Å². The molecule has 24 heavy (non-hydrogen) atoms. The Kier molecular flexibility index (Phi) is 3.47. The molecule has 0 spiro atoms. The van der Waals surface area contributed by atoms with Crippen molar-refractivity contribution in [2.75, 3.05) is 0 Å². The number of pyridine rings is 1. The molecule has 3 aromatic heterocycles. The van der Waals surface area contributed by atoms with Gasteiger partial charge < -0.3 is 9.84 Å². The topological polar surface area (TPSA) is 110 Å². The first-order chi connectivity index (χ1) is 11.8. The number of amides is 1. The molecule has 0 saturated carbocycles. The molecule has 0 fully saturated rings. The lowest BCUT2D eigenvalue weighted by Gasteiger charge is -2.02. The molecule has 0 saturated heterocycles. The molecule has 0 aliphatic carbocycles. The summed E-state index contributed by atoms with van der Waals surface area (Å²) in [5, 5.41) is 17.2. The zero-order valence-electron chi connectivity index (χ0n) is 12.4. The number of H-pyrrole nitrogens is 1. The van der Waals surface area contributed by atoms with Crippen LogP contribution in [-0.4, -0.2) is 31.5 Å². The van der Waals surface area contributed by atoms with Gasteiger partial charge in [0.05, 0.1) is 12.2 Å². The number of aromatic nitrogens is 5. The zero-order valence-corrected chi connectivity index (χ0v) is 12.4. The number of carbonyl (C=O) groups is 1. The summed E-state index contributed by atoms with van der Waals surface area (Å²) < 4.78 is 5.23. The Labute approximate surface area is 135 Å². The van der Waals surface area contributed by atoms with Gasteiger partial charge >= 0.3 is 0 Å². The fourth-order valence-electron chi connectivity index (χ4n) is 2.28. The minimum absolute atomic E-state index is 0.226. The first-order valence-electron chi connectivity index (χ1n) is 7.25. The molecule has 2 N–H and O–H groups in total. The molecule has 4 aromatic rings. The first-order valence-corrected chi connectivity index (χ1v) is 7.25. The van der Waals surface area contributed by atoms with E-state index in [1.165, 1.54) is 0 Å². The maximum absolute atomic E-state index is 12.2. The summed E-state index contributed by atoms with van der Waals surface area (Å²) in [5.41, 5.74) is 3.20. The first kappa shape index (κ1) is 14.1. The van der Waals surface area contributed by atoms with E-state index < -0.39 is 0 Å². The van der Waals surface area contributed by atoms with Crippen molar-refractivity contribution in [3.05, 3.63) is 60.0 Å². The fraction of sp³-hybridized carbons (Fsp3) is 0.0625. The van der Waals surface area contributed by atoms with Gasteiger partial charge in [0, 0.05) is 17.8 Å². The highest BCUT2D eigenvalue weighted by Crippen LogP contribution is 2.16. The lowest BCUT2D eigenvalue weighted by Crippen LogP contribution is -2.22. The average Bonchev–Trinajstić information content (AvgIpc) is 3.29. The van der Waals surface area contributed by atoms with Gasteiger partial charge in [-0.05, 0) is 30.3 Å². The smallest absolute Gasteiger partial charge is 0.251 e. The number of fused-ring (bicyclic) bond motifs is 1. The maximum Gasteiger partial charge on any atom is 0.251 e. The molecule has 8 nitrogen and oxygen atoms in total. The lowest BCUT2D eigenvalue weighted by molar-refractivity contribution is 0.0947. The number of aromatic amines is 1. The van der Waals surface area contributed by atoms with Crippen LogP contribution in [0.3, 0.4) is 0 Å². The highest BCUT2D eigenvalue weighted by atomic mass is 16.5. The summed E-state index contributed by atoms with van der Waals surface area (Å²) >= 11 is 0. The normalized spacial score (nSPS) is 10.8. The van der Waals surface area contributed by atoms with Gasteiger partial charge in [0.1, 0.15) is 16.7 Å². The van der Waals surface area contributed by atoms with Gasteiger partial charge in [0.15, 0.2) is 5.76 Å². The molecule has 0 aliphatic heterocycles. The van der Waals surface area contributed by atoms with Crippen LogP contribution in [0.25, 0.3) is 22.4 Å². The van der Waals surface area contributed by atoms with E-state index in [0.717, 1.165) is 5.69 Å².